The second kappa shape index (κ2) is 14.4. The summed E-state index contributed by atoms with van der Waals surface area (Å²) in [6.07, 6.45) is 3.48. The molecule has 9 nitrogen and oxygen atoms in total. The summed E-state index contributed by atoms with van der Waals surface area (Å²) < 4.78 is 0. The summed E-state index contributed by atoms with van der Waals surface area (Å²) in [5.41, 5.74) is 5.52. The van der Waals surface area contributed by atoms with Gasteiger partial charge < -0.3 is 29.9 Å². The van der Waals surface area contributed by atoms with Crippen molar-refractivity contribution in [1.29, 1.82) is 0 Å². The maximum Gasteiger partial charge on any atom is 2.00 e. The summed E-state index contributed by atoms with van der Waals surface area (Å²) in [7, 11) is 0. The molecular weight excluding hydrogens is 634 g/mol. The predicted octanol–water partition coefficient (Wildman–Crippen LogP) is 8.60. The van der Waals surface area contributed by atoms with Crippen LogP contribution >= 0.6 is 0 Å². The van der Waals surface area contributed by atoms with E-state index in [-0.39, 0.29) is 17.1 Å². The monoisotopic (exact) mass is 666 g/mol. The topological polar surface area (TPSA) is 118 Å². The van der Waals surface area contributed by atoms with Gasteiger partial charge >= 0.3 is 17.1 Å². The average molecular weight is 667 g/mol. The normalized spacial score (nSPS) is 10.6. The molecule has 8 bridgehead atoms. The molecule has 0 aliphatic carbocycles. The Hall–Kier alpha value is -5.31. The molecule has 7 aromatic rings. The molecule has 9 rings (SSSR count). The summed E-state index contributed by atoms with van der Waals surface area (Å²) in [5, 5.41) is 3.51. The molecule has 0 saturated heterocycles. The zero-order chi connectivity index (χ0) is 32.2. The first-order valence-electron chi connectivity index (χ1n) is 15.7. The van der Waals surface area contributed by atoms with Gasteiger partial charge in [-0.3, -0.25) is 4.98 Å². The van der Waals surface area contributed by atoms with Gasteiger partial charge in [-0.1, -0.05) is 114 Å². The third-order valence-electron chi connectivity index (χ3n) is 7.22. The van der Waals surface area contributed by atoms with E-state index in [0.717, 1.165) is 43.8 Å². The average Bonchev–Trinajstić information content (AvgIpc) is 3.87. The number of nitrogens with zero attached hydrogens (tertiary/aromatic N) is 9. The van der Waals surface area contributed by atoms with Crippen molar-refractivity contribution in [3.8, 4) is 45.6 Å². The Morgan fingerprint density at radius 2 is 0.702 bits per heavy atom. The smallest absolute Gasteiger partial charge is 0.357 e. The van der Waals surface area contributed by atoms with Crippen LogP contribution in [0.2, 0.25) is 0 Å². The Labute approximate surface area is 283 Å². The van der Waals surface area contributed by atoms with Crippen LogP contribution in [0, 0.1) is 0 Å². The molecule has 0 fully saturated rings. The zero-order valence-electron chi connectivity index (χ0n) is 27.0. The van der Waals surface area contributed by atoms with Crippen molar-refractivity contribution in [2.45, 2.75) is 41.5 Å². The van der Waals surface area contributed by atoms with E-state index in [1.807, 2.05) is 120 Å². The van der Waals surface area contributed by atoms with E-state index in [2.05, 4.69) is 4.98 Å². The summed E-state index contributed by atoms with van der Waals surface area (Å²) in [6.45, 7) is 12.0. The van der Waals surface area contributed by atoms with Gasteiger partial charge in [-0.05, 0) is 27.6 Å². The minimum Gasteiger partial charge on any atom is -0.357 e. The number of hydrogen-bond donors (Lipinski definition) is 0. The number of fused-ring (bicyclic) bond motifs is 20. The molecule has 1 radical (unpaired) electrons. The van der Waals surface area contributed by atoms with Crippen LogP contribution in [0.15, 0.2) is 91.3 Å². The van der Waals surface area contributed by atoms with Crippen LogP contribution in [0.4, 0.5) is 0 Å². The number of rotatable bonds is 0. The summed E-state index contributed by atoms with van der Waals surface area (Å²) >= 11 is 0. The van der Waals surface area contributed by atoms with E-state index < -0.39 is 0 Å². The molecule has 6 heterocycles. The maximum absolute atomic E-state index is 4.94. The Morgan fingerprint density at radius 3 is 1.09 bits per heavy atom. The van der Waals surface area contributed by atoms with Crippen molar-refractivity contribution >= 4 is 44.1 Å². The molecule has 0 atom stereocenters. The number of benzene rings is 3. The maximum atomic E-state index is 4.94. The van der Waals surface area contributed by atoms with Crippen LogP contribution in [-0.4, -0.2) is 34.9 Å². The molecule has 0 unspecified atom stereocenters. The quantitative estimate of drug-likeness (QED) is 0.147. The molecule has 4 aromatic heterocycles. The first kappa shape index (κ1) is 33.1. The Morgan fingerprint density at radius 1 is 0.383 bits per heavy atom. The second-order valence-corrected chi connectivity index (χ2v) is 9.54. The van der Waals surface area contributed by atoms with Crippen molar-refractivity contribution in [3.63, 3.8) is 0 Å². The van der Waals surface area contributed by atoms with Crippen LogP contribution in [-0.2, 0) is 17.1 Å². The van der Waals surface area contributed by atoms with Crippen molar-refractivity contribution in [2.75, 3.05) is 0 Å². The van der Waals surface area contributed by atoms with Crippen LogP contribution in [0.1, 0.15) is 41.5 Å². The van der Waals surface area contributed by atoms with Gasteiger partial charge in [0.2, 0.25) is 0 Å². The largest absolute Gasteiger partial charge is 2.00 e. The summed E-state index contributed by atoms with van der Waals surface area (Å²) in [6, 6.07) is 25.7. The van der Waals surface area contributed by atoms with Gasteiger partial charge in [0.15, 0.2) is 0 Å². The molecular formula is C37H33CuN9. The molecule has 3 aromatic carbocycles. The van der Waals surface area contributed by atoms with Crippen molar-refractivity contribution in [3.05, 3.63) is 91.3 Å². The fourth-order valence-corrected chi connectivity index (χ4v) is 5.35. The van der Waals surface area contributed by atoms with E-state index in [1.165, 1.54) is 0 Å². The van der Waals surface area contributed by atoms with Gasteiger partial charge in [0.25, 0.3) is 0 Å². The first-order chi connectivity index (χ1) is 22.8. The van der Waals surface area contributed by atoms with E-state index in [0.29, 0.717) is 45.9 Å². The van der Waals surface area contributed by atoms with Gasteiger partial charge in [0, 0.05) is 57.2 Å². The SMILES string of the molecule is CC.CC.CC.[Cu+2].c1ccc2c(c1)-c1nc-2nc2[n-]c(nc3nc(nc4[n-]c(n1)c1ccccc41)-c1ccncc1-3)c1ccccc21. The first-order valence-corrected chi connectivity index (χ1v) is 15.7. The molecule has 2 aliphatic rings. The van der Waals surface area contributed by atoms with E-state index in [1.54, 1.807) is 12.4 Å². The Kier molecular flexibility index (Phi) is 10.1. The van der Waals surface area contributed by atoms with Crippen LogP contribution in [0.3, 0.4) is 0 Å². The van der Waals surface area contributed by atoms with Crippen LogP contribution in [0.5, 0.6) is 0 Å². The number of hydrogen-bond acceptors (Lipinski definition) is 7. The molecule has 0 spiro atoms. The zero-order valence-corrected chi connectivity index (χ0v) is 27.9. The molecule has 47 heavy (non-hydrogen) atoms. The van der Waals surface area contributed by atoms with Crippen molar-refractivity contribution < 1.29 is 17.1 Å². The van der Waals surface area contributed by atoms with Crippen molar-refractivity contribution in [2.24, 2.45) is 0 Å². The van der Waals surface area contributed by atoms with Gasteiger partial charge in [0.1, 0.15) is 0 Å². The van der Waals surface area contributed by atoms with Gasteiger partial charge in [-0.15, -0.1) is 0 Å². The predicted molar refractivity (Wildman–Crippen MR) is 186 cm³/mol. The fraction of sp³-hybridized carbons (Fsp3) is 0.162. The molecule has 2 aliphatic heterocycles. The number of aromatic nitrogens is 9. The minimum absolute atomic E-state index is 0. The van der Waals surface area contributed by atoms with Crippen LogP contribution < -0.4 is 9.97 Å². The second-order valence-electron chi connectivity index (χ2n) is 9.54. The molecule has 0 N–H and O–H groups in total. The Bertz CT molecular complexity index is 2040. The third kappa shape index (κ3) is 5.78. The van der Waals surface area contributed by atoms with Gasteiger partial charge in [0.05, 0.1) is 23.3 Å². The fourth-order valence-electron chi connectivity index (χ4n) is 5.35. The standard InChI is InChI=1S/C31H15N9.3C2H6.Cu/c1-2-8-17-16(7-1)24-33-25(17)35-27-20-11-5-6-12-21(20)29(37-27)39-31-23-15-32-14-13-22(23)30(40-31)38-28-19-10-4-3-9-18(19)26(34-24)36-28;3*1-2;/h1-15H;3*1-2H3;/q-2;;;;+2. The Balaban J connectivity index is 0.000000589. The van der Waals surface area contributed by atoms with Gasteiger partial charge in [-0.2, -0.15) is 0 Å². The summed E-state index contributed by atoms with van der Waals surface area (Å²) in [4.78, 5) is 43.4. The third-order valence-corrected chi connectivity index (χ3v) is 7.22. The molecule has 0 saturated carbocycles. The van der Waals surface area contributed by atoms with E-state index >= 15 is 0 Å². The van der Waals surface area contributed by atoms with Crippen LogP contribution in [0.25, 0.3) is 89.7 Å². The number of pyridine rings is 1. The summed E-state index contributed by atoms with van der Waals surface area (Å²) in [5.74, 6) is 2.09. The van der Waals surface area contributed by atoms with Crippen molar-refractivity contribution in [1.82, 2.24) is 44.9 Å². The van der Waals surface area contributed by atoms with E-state index in [4.69, 9.17) is 39.9 Å². The minimum atomic E-state index is 0. The molecule has 10 heteroatoms. The van der Waals surface area contributed by atoms with Gasteiger partial charge in [-0.25, -0.2) is 9.97 Å². The molecule has 0 amide bonds. The molecule has 237 valence electrons. The van der Waals surface area contributed by atoms with E-state index in [9.17, 15) is 0 Å².